The molecule has 0 saturated carbocycles. The summed E-state index contributed by atoms with van der Waals surface area (Å²) in [5, 5.41) is 6.75. The number of carbonyl (C=O) groups excluding carboxylic acids is 2. The van der Waals surface area contributed by atoms with Gasteiger partial charge in [-0.2, -0.15) is 0 Å². The summed E-state index contributed by atoms with van der Waals surface area (Å²) in [7, 11) is 0. The highest BCUT2D eigenvalue weighted by Crippen LogP contribution is 2.28. The van der Waals surface area contributed by atoms with E-state index in [2.05, 4.69) is 21.6 Å². The minimum Gasteiger partial charge on any atom is -0.357 e. The van der Waals surface area contributed by atoms with Gasteiger partial charge >= 0.3 is 0 Å². The third kappa shape index (κ3) is 5.04. The molecule has 2 aromatic carbocycles. The maximum absolute atomic E-state index is 13.3. The number of aryl methyl sites for hydroxylation is 1. The number of fused-ring (bicyclic) bond motifs is 1. The molecule has 4 rings (SSSR count). The van der Waals surface area contributed by atoms with Gasteiger partial charge in [-0.3, -0.25) is 9.59 Å². The summed E-state index contributed by atoms with van der Waals surface area (Å²) in [6, 6.07) is 14.1. The summed E-state index contributed by atoms with van der Waals surface area (Å²) in [5.41, 5.74) is 3.48. The molecule has 6 nitrogen and oxygen atoms in total. The summed E-state index contributed by atoms with van der Waals surface area (Å²) >= 11 is 0. The van der Waals surface area contributed by atoms with Crippen LogP contribution in [0.25, 0.3) is 10.9 Å². The molecule has 0 aliphatic carbocycles. The molecule has 1 aliphatic heterocycles. The van der Waals surface area contributed by atoms with Gasteiger partial charge in [0.05, 0.1) is 5.52 Å². The van der Waals surface area contributed by atoms with E-state index < -0.39 is 0 Å². The molecule has 0 atom stereocenters. The van der Waals surface area contributed by atoms with Gasteiger partial charge in [0.25, 0.3) is 0 Å². The number of amides is 2. The second-order valence-corrected chi connectivity index (χ2v) is 8.32. The van der Waals surface area contributed by atoms with Gasteiger partial charge in [-0.15, -0.1) is 0 Å². The van der Waals surface area contributed by atoms with Crippen molar-refractivity contribution in [3.8, 4) is 0 Å². The van der Waals surface area contributed by atoms with E-state index in [-0.39, 0.29) is 23.5 Å². The van der Waals surface area contributed by atoms with Crippen molar-refractivity contribution in [1.82, 2.24) is 10.3 Å². The first-order valence-corrected chi connectivity index (χ1v) is 10.8. The van der Waals surface area contributed by atoms with Gasteiger partial charge in [0.1, 0.15) is 11.6 Å². The predicted molar refractivity (Wildman–Crippen MR) is 124 cm³/mol. The monoisotopic (exact) mass is 434 g/mol. The second kappa shape index (κ2) is 9.34. The van der Waals surface area contributed by atoms with Crippen molar-refractivity contribution >= 4 is 34.2 Å². The third-order valence-corrected chi connectivity index (χ3v) is 5.87. The Labute approximate surface area is 186 Å². The number of aromatic nitrogens is 1. The zero-order valence-corrected chi connectivity index (χ0v) is 18.3. The number of hydrogen-bond donors (Lipinski definition) is 2. The van der Waals surface area contributed by atoms with Crippen LogP contribution in [-0.4, -0.2) is 29.9 Å². The van der Waals surface area contributed by atoms with Crippen molar-refractivity contribution in [1.29, 1.82) is 0 Å². The molecule has 0 spiro atoms. The first kappa shape index (κ1) is 21.7. The minimum absolute atomic E-state index is 0.0158. The molecule has 1 saturated heterocycles. The van der Waals surface area contributed by atoms with Crippen molar-refractivity contribution in [3.63, 3.8) is 0 Å². The average molecular weight is 435 g/mol. The molecule has 32 heavy (non-hydrogen) atoms. The van der Waals surface area contributed by atoms with E-state index >= 15 is 0 Å². The number of halogens is 1. The van der Waals surface area contributed by atoms with Gasteiger partial charge in [-0.05, 0) is 67.3 Å². The normalized spacial score (nSPS) is 14.4. The van der Waals surface area contributed by atoms with Gasteiger partial charge in [0, 0.05) is 43.5 Å². The Morgan fingerprint density at radius 3 is 2.62 bits per heavy atom. The lowest BCUT2D eigenvalue weighted by atomic mass is 9.95. The first-order chi connectivity index (χ1) is 15.4. The Kier molecular flexibility index (Phi) is 6.35. The fourth-order valence-corrected chi connectivity index (χ4v) is 4.17. The summed E-state index contributed by atoms with van der Waals surface area (Å²) in [6.45, 7) is 5.37. The van der Waals surface area contributed by atoms with Crippen LogP contribution in [0.15, 0.2) is 48.5 Å². The molecule has 3 aromatic rings. The number of piperidine rings is 1. The van der Waals surface area contributed by atoms with Gasteiger partial charge in [-0.25, -0.2) is 9.37 Å². The summed E-state index contributed by atoms with van der Waals surface area (Å²) < 4.78 is 13.3. The van der Waals surface area contributed by atoms with E-state index in [1.165, 1.54) is 19.1 Å². The topological polar surface area (TPSA) is 74.3 Å². The van der Waals surface area contributed by atoms with E-state index in [1.807, 2.05) is 25.1 Å². The number of benzene rings is 2. The number of nitrogens with zero attached hydrogens (tertiary/aromatic N) is 2. The Morgan fingerprint density at radius 2 is 1.91 bits per heavy atom. The van der Waals surface area contributed by atoms with Crippen LogP contribution in [0.3, 0.4) is 0 Å². The maximum Gasteiger partial charge on any atom is 0.223 e. The van der Waals surface area contributed by atoms with E-state index in [0.29, 0.717) is 6.54 Å². The average Bonchev–Trinajstić information content (AvgIpc) is 2.77. The van der Waals surface area contributed by atoms with Crippen LogP contribution in [0.1, 0.15) is 30.9 Å². The van der Waals surface area contributed by atoms with Crippen molar-refractivity contribution in [2.24, 2.45) is 5.92 Å². The molecule has 1 fully saturated rings. The number of rotatable bonds is 5. The highest BCUT2D eigenvalue weighted by Gasteiger charge is 2.25. The third-order valence-electron chi connectivity index (χ3n) is 5.87. The molecule has 2 N–H and O–H groups in total. The van der Waals surface area contributed by atoms with E-state index in [4.69, 9.17) is 4.98 Å². The zero-order chi connectivity index (χ0) is 22.7. The highest BCUT2D eigenvalue weighted by molar-refractivity contribution is 5.93. The molecule has 0 radical (unpaired) electrons. The maximum atomic E-state index is 13.3. The Hall–Kier alpha value is -3.48. The molecular weight excluding hydrogens is 407 g/mol. The molecule has 0 unspecified atom stereocenters. The van der Waals surface area contributed by atoms with Crippen LogP contribution < -0.4 is 15.5 Å². The summed E-state index contributed by atoms with van der Waals surface area (Å²) in [5.74, 6) is 0.466. The molecule has 7 heteroatoms. The number of hydrogen-bond acceptors (Lipinski definition) is 4. The van der Waals surface area contributed by atoms with Crippen molar-refractivity contribution in [2.45, 2.75) is 33.2 Å². The fourth-order valence-electron chi connectivity index (χ4n) is 4.17. The van der Waals surface area contributed by atoms with Crippen LogP contribution in [0.4, 0.5) is 15.9 Å². The van der Waals surface area contributed by atoms with E-state index in [1.54, 1.807) is 12.1 Å². The first-order valence-electron chi connectivity index (χ1n) is 10.8. The Bertz CT molecular complexity index is 1160. The standard InChI is InChI=1S/C25H27FN4O2/c1-16-12-24(29-23-7-6-21(14-22(16)23)28-17(2)31)30-10-8-19(9-11-30)25(32)27-15-18-4-3-5-20(26)13-18/h3-7,12-14,19H,8-11,15H2,1-2H3,(H,27,32)(H,28,31). The lowest BCUT2D eigenvalue weighted by Gasteiger charge is -2.32. The number of nitrogens with one attached hydrogen (secondary N) is 2. The summed E-state index contributed by atoms with van der Waals surface area (Å²) in [6.07, 6.45) is 1.49. The largest absolute Gasteiger partial charge is 0.357 e. The SMILES string of the molecule is CC(=O)Nc1ccc2nc(N3CCC(C(=O)NCc4cccc(F)c4)CC3)cc(C)c2c1. The zero-order valence-electron chi connectivity index (χ0n) is 18.3. The molecule has 2 heterocycles. The molecule has 166 valence electrons. The predicted octanol–water partition coefficient (Wildman–Crippen LogP) is 4.17. The van der Waals surface area contributed by atoms with Crippen molar-refractivity contribution in [3.05, 3.63) is 65.5 Å². The number of anilines is 2. The molecule has 2 amide bonds. The van der Waals surface area contributed by atoms with Crippen LogP contribution in [-0.2, 0) is 16.1 Å². The van der Waals surface area contributed by atoms with Gasteiger partial charge < -0.3 is 15.5 Å². The van der Waals surface area contributed by atoms with Gasteiger partial charge in [0.2, 0.25) is 11.8 Å². The lowest BCUT2D eigenvalue weighted by Crippen LogP contribution is -2.40. The smallest absolute Gasteiger partial charge is 0.223 e. The molecular formula is C25H27FN4O2. The minimum atomic E-state index is -0.297. The van der Waals surface area contributed by atoms with E-state index in [0.717, 1.165) is 59.5 Å². The molecule has 1 aliphatic rings. The molecule has 1 aromatic heterocycles. The molecule has 0 bridgehead atoms. The van der Waals surface area contributed by atoms with Crippen molar-refractivity contribution < 1.29 is 14.0 Å². The van der Waals surface area contributed by atoms with Crippen LogP contribution in [0, 0.1) is 18.7 Å². The highest BCUT2D eigenvalue weighted by atomic mass is 19.1. The number of carbonyl (C=O) groups is 2. The number of pyridine rings is 1. The van der Waals surface area contributed by atoms with Crippen LogP contribution >= 0.6 is 0 Å². The van der Waals surface area contributed by atoms with Crippen molar-refractivity contribution in [2.75, 3.05) is 23.3 Å². The Balaban J connectivity index is 1.38. The summed E-state index contributed by atoms with van der Waals surface area (Å²) in [4.78, 5) is 30.9. The fraction of sp³-hybridized carbons (Fsp3) is 0.320. The van der Waals surface area contributed by atoms with Crippen LogP contribution in [0.2, 0.25) is 0 Å². The lowest BCUT2D eigenvalue weighted by molar-refractivity contribution is -0.125. The van der Waals surface area contributed by atoms with Gasteiger partial charge in [-0.1, -0.05) is 12.1 Å². The quantitative estimate of drug-likeness (QED) is 0.632. The second-order valence-electron chi connectivity index (χ2n) is 8.32. The van der Waals surface area contributed by atoms with E-state index in [9.17, 15) is 14.0 Å². The van der Waals surface area contributed by atoms with Crippen LogP contribution in [0.5, 0.6) is 0 Å². The van der Waals surface area contributed by atoms with Gasteiger partial charge in [0.15, 0.2) is 0 Å². The Morgan fingerprint density at radius 1 is 1.12 bits per heavy atom.